The summed E-state index contributed by atoms with van der Waals surface area (Å²) in [5.41, 5.74) is -0.670. The second kappa shape index (κ2) is 14.0. The van der Waals surface area contributed by atoms with Crippen LogP contribution in [0.25, 0.3) is 28.5 Å². The number of hydrogen-bond donors (Lipinski definition) is 1. The van der Waals surface area contributed by atoms with Gasteiger partial charge in [0.2, 0.25) is 11.8 Å². The lowest BCUT2D eigenvalue weighted by molar-refractivity contribution is -0.0402. The van der Waals surface area contributed by atoms with Gasteiger partial charge in [0.1, 0.15) is 17.5 Å². The van der Waals surface area contributed by atoms with Crippen LogP contribution in [0.5, 0.6) is 0 Å². The third-order valence-electron chi connectivity index (χ3n) is 7.12. The lowest BCUT2D eigenvalue weighted by Gasteiger charge is -2.32. The molecule has 0 unspecified atom stereocenters. The number of carbonyl (C=O) groups is 2. The van der Waals surface area contributed by atoms with Crippen molar-refractivity contribution >= 4 is 17.9 Å². The number of halogens is 3. The fraction of sp³-hybridized carbons (Fsp3) is 0.438. The quantitative estimate of drug-likeness (QED) is 0.198. The largest absolute Gasteiger partial charge is 0.447 e. The lowest BCUT2D eigenvalue weighted by atomic mass is 10.1. The Balaban J connectivity index is 1.29. The number of ether oxygens (including phenoxy) is 3. The minimum absolute atomic E-state index is 0.0293. The van der Waals surface area contributed by atoms with Crippen molar-refractivity contribution < 1.29 is 41.5 Å². The number of nitrogens with one attached hydrogen (secondary N) is 1. The van der Waals surface area contributed by atoms with Crippen molar-refractivity contribution in [3.05, 3.63) is 60.2 Å². The van der Waals surface area contributed by atoms with Gasteiger partial charge in [0.05, 0.1) is 23.5 Å². The van der Waals surface area contributed by atoms with Crippen LogP contribution in [0.3, 0.4) is 0 Å². The van der Waals surface area contributed by atoms with E-state index >= 15 is 0 Å². The van der Waals surface area contributed by atoms with Crippen LogP contribution >= 0.6 is 0 Å². The van der Waals surface area contributed by atoms with E-state index in [1.165, 1.54) is 29.4 Å². The topological polar surface area (TPSA) is 147 Å². The SMILES string of the molecule is CC(C)OC(=O)N1CCC(O[C@H](C)c2noc(-c3cnc(-n4cc(NC(=O)OC(C)(C)C)c(-c5cc(F)c(F)cc5F)c4)nc3)n2)CC1. The first-order valence-electron chi connectivity index (χ1n) is 15.3. The van der Waals surface area contributed by atoms with Crippen LogP contribution in [-0.4, -0.2) is 72.7 Å². The molecule has 0 spiro atoms. The van der Waals surface area contributed by atoms with Crippen LogP contribution in [0.4, 0.5) is 28.4 Å². The number of anilines is 1. The molecule has 0 bridgehead atoms. The monoisotopic (exact) mass is 671 g/mol. The number of aromatic nitrogens is 5. The van der Waals surface area contributed by atoms with Gasteiger partial charge in [0.15, 0.2) is 11.6 Å². The van der Waals surface area contributed by atoms with E-state index in [-0.39, 0.29) is 47.0 Å². The number of carbonyl (C=O) groups excluding carboxylic acids is 2. The zero-order chi connectivity index (χ0) is 34.7. The fourth-order valence-corrected chi connectivity index (χ4v) is 4.91. The molecule has 0 radical (unpaired) electrons. The molecule has 2 amide bonds. The van der Waals surface area contributed by atoms with Gasteiger partial charge in [-0.15, -0.1) is 0 Å². The highest BCUT2D eigenvalue weighted by Gasteiger charge is 2.28. The van der Waals surface area contributed by atoms with E-state index < -0.39 is 35.2 Å². The van der Waals surface area contributed by atoms with E-state index in [9.17, 15) is 22.8 Å². The van der Waals surface area contributed by atoms with E-state index in [4.69, 9.17) is 18.7 Å². The first-order chi connectivity index (χ1) is 22.7. The number of piperidine rings is 1. The molecule has 0 saturated carbocycles. The van der Waals surface area contributed by atoms with E-state index in [1.54, 1.807) is 46.4 Å². The molecule has 1 fully saturated rings. The molecule has 1 N–H and O–H groups in total. The van der Waals surface area contributed by atoms with Crippen molar-refractivity contribution in [2.45, 2.75) is 78.3 Å². The van der Waals surface area contributed by atoms with Crippen LogP contribution in [0, 0.1) is 17.5 Å². The summed E-state index contributed by atoms with van der Waals surface area (Å²) < 4.78 is 66.1. The van der Waals surface area contributed by atoms with Gasteiger partial charge in [-0.1, -0.05) is 5.16 Å². The molecule has 3 aromatic heterocycles. The number of hydrogen-bond acceptors (Lipinski definition) is 10. The summed E-state index contributed by atoms with van der Waals surface area (Å²) in [6.07, 6.45) is 4.91. The average molecular weight is 672 g/mol. The van der Waals surface area contributed by atoms with Gasteiger partial charge in [0, 0.05) is 55.1 Å². The van der Waals surface area contributed by atoms with E-state index in [1.807, 2.05) is 0 Å². The molecule has 1 aromatic carbocycles. The molecule has 48 heavy (non-hydrogen) atoms. The molecule has 5 rings (SSSR count). The Kier molecular flexibility index (Phi) is 10.0. The molecule has 1 atom stereocenters. The molecular formula is C32H36F3N7O6. The third kappa shape index (κ3) is 8.29. The molecule has 13 nitrogen and oxygen atoms in total. The van der Waals surface area contributed by atoms with Crippen LogP contribution < -0.4 is 5.32 Å². The summed E-state index contributed by atoms with van der Waals surface area (Å²) in [4.78, 5) is 39.4. The van der Waals surface area contributed by atoms with Gasteiger partial charge in [-0.2, -0.15) is 4.98 Å². The predicted octanol–water partition coefficient (Wildman–Crippen LogP) is 6.84. The summed E-state index contributed by atoms with van der Waals surface area (Å²) in [5.74, 6) is -3.11. The Bertz CT molecular complexity index is 1760. The number of benzene rings is 1. The first kappa shape index (κ1) is 34.3. The van der Waals surface area contributed by atoms with Crippen molar-refractivity contribution in [2.75, 3.05) is 18.4 Å². The molecule has 4 heterocycles. The highest BCUT2D eigenvalue weighted by Crippen LogP contribution is 2.34. The minimum Gasteiger partial charge on any atom is -0.447 e. The average Bonchev–Trinajstić information content (AvgIpc) is 3.66. The maximum atomic E-state index is 14.8. The van der Waals surface area contributed by atoms with Crippen molar-refractivity contribution in [3.8, 4) is 28.5 Å². The van der Waals surface area contributed by atoms with Crippen molar-refractivity contribution in [1.82, 2.24) is 29.6 Å². The van der Waals surface area contributed by atoms with Crippen molar-refractivity contribution in [1.29, 1.82) is 0 Å². The molecule has 0 aliphatic carbocycles. The number of likely N-dealkylation sites (tertiary alicyclic amines) is 1. The van der Waals surface area contributed by atoms with Gasteiger partial charge in [-0.25, -0.2) is 32.7 Å². The van der Waals surface area contributed by atoms with Crippen LogP contribution in [0.2, 0.25) is 0 Å². The molecule has 1 saturated heterocycles. The zero-order valence-electron chi connectivity index (χ0n) is 27.3. The van der Waals surface area contributed by atoms with E-state index in [0.29, 0.717) is 49.5 Å². The number of amides is 2. The normalized spacial score (nSPS) is 14.7. The maximum Gasteiger partial charge on any atom is 0.412 e. The summed E-state index contributed by atoms with van der Waals surface area (Å²) in [6, 6.07) is 1.11. The Morgan fingerprint density at radius 2 is 1.65 bits per heavy atom. The van der Waals surface area contributed by atoms with Gasteiger partial charge in [-0.3, -0.25) is 9.88 Å². The van der Waals surface area contributed by atoms with Crippen molar-refractivity contribution in [2.24, 2.45) is 0 Å². The Labute approximate surface area is 274 Å². The Morgan fingerprint density at radius 3 is 2.29 bits per heavy atom. The number of nitrogens with zero attached hydrogens (tertiary/aromatic N) is 6. The molecule has 1 aliphatic rings. The molecular weight excluding hydrogens is 635 g/mol. The molecule has 256 valence electrons. The lowest BCUT2D eigenvalue weighted by Crippen LogP contribution is -2.42. The van der Waals surface area contributed by atoms with E-state index in [2.05, 4.69) is 25.4 Å². The van der Waals surface area contributed by atoms with Gasteiger partial charge < -0.3 is 23.6 Å². The van der Waals surface area contributed by atoms with Crippen LogP contribution in [0.1, 0.15) is 66.3 Å². The minimum atomic E-state index is -1.35. The van der Waals surface area contributed by atoms with Crippen LogP contribution in [-0.2, 0) is 14.2 Å². The molecule has 1 aliphatic heterocycles. The Hall–Kier alpha value is -4.99. The standard InChI is InChI=1S/C32H36F3N7O6/c1-17(2)45-31(44)41-9-7-20(8-10-41)46-18(3)27-39-28(48-40-27)19-13-36-29(37-14-19)42-15-22(21-11-24(34)25(35)12-23(21)33)26(16-42)38-30(43)47-32(4,5)6/h11-18,20H,7-10H2,1-6H3,(H,38,43)/t18-/m1/s1. The van der Waals surface area contributed by atoms with Gasteiger partial charge in [-0.05, 0) is 60.5 Å². The molecule has 4 aromatic rings. The maximum absolute atomic E-state index is 14.8. The van der Waals surface area contributed by atoms with Crippen LogP contribution in [0.15, 0.2) is 41.4 Å². The fourth-order valence-electron chi connectivity index (χ4n) is 4.91. The van der Waals surface area contributed by atoms with Crippen molar-refractivity contribution in [3.63, 3.8) is 0 Å². The second-order valence-electron chi connectivity index (χ2n) is 12.5. The summed E-state index contributed by atoms with van der Waals surface area (Å²) in [5, 5.41) is 6.56. The zero-order valence-corrected chi connectivity index (χ0v) is 27.3. The van der Waals surface area contributed by atoms with E-state index in [0.717, 1.165) is 0 Å². The second-order valence-corrected chi connectivity index (χ2v) is 12.5. The predicted molar refractivity (Wildman–Crippen MR) is 166 cm³/mol. The first-order valence-corrected chi connectivity index (χ1v) is 15.3. The van der Waals surface area contributed by atoms with Gasteiger partial charge >= 0.3 is 12.2 Å². The molecule has 16 heteroatoms. The number of rotatable bonds is 8. The Morgan fingerprint density at radius 1 is 0.979 bits per heavy atom. The highest BCUT2D eigenvalue weighted by atomic mass is 19.2. The smallest absolute Gasteiger partial charge is 0.412 e. The summed E-state index contributed by atoms with van der Waals surface area (Å²) >= 11 is 0. The summed E-state index contributed by atoms with van der Waals surface area (Å²) in [6.45, 7) is 11.5. The van der Waals surface area contributed by atoms with Gasteiger partial charge in [0.25, 0.3) is 5.89 Å². The third-order valence-corrected chi connectivity index (χ3v) is 7.12. The summed E-state index contributed by atoms with van der Waals surface area (Å²) in [7, 11) is 0. The highest BCUT2D eigenvalue weighted by molar-refractivity contribution is 5.92.